The first-order valence-corrected chi connectivity index (χ1v) is 11.0. The average molecular weight is 407 g/mol. The van der Waals surface area contributed by atoms with Crippen molar-refractivity contribution >= 4 is 50.5 Å². The summed E-state index contributed by atoms with van der Waals surface area (Å²) in [6, 6.07) is 37.1. The van der Waals surface area contributed by atoms with Crippen LogP contribution in [0.1, 0.15) is 16.7 Å². The van der Waals surface area contributed by atoms with Crippen LogP contribution in [0, 0.1) is 0 Å². The molecule has 0 unspecified atom stereocenters. The zero-order valence-electron chi connectivity index (χ0n) is 17.8. The van der Waals surface area contributed by atoms with E-state index in [0.29, 0.717) is 0 Å². The molecule has 0 heterocycles. The number of hydrogen-bond donors (Lipinski definition) is 0. The van der Waals surface area contributed by atoms with E-state index < -0.39 is 0 Å². The van der Waals surface area contributed by atoms with Gasteiger partial charge in [0.15, 0.2) is 0 Å². The summed E-state index contributed by atoms with van der Waals surface area (Å²) in [7, 11) is 0. The van der Waals surface area contributed by atoms with Crippen LogP contribution >= 0.6 is 0 Å². The van der Waals surface area contributed by atoms with Crippen molar-refractivity contribution in [1.82, 2.24) is 0 Å². The first kappa shape index (κ1) is 18.6. The predicted molar refractivity (Wildman–Crippen MR) is 141 cm³/mol. The van der Waals surface area contributed by atoms with E-state index in [2.05, 4.69) is 122 Å². The number of hydrogen-bond acceptors (Lipinski definition) is 0. The van der Waals surface area contributed by atoms with Crippen LogP contribution in [0.15, 0.2) is 110 Å². The minimum absolute atomic E-state index is 1.14. The summed E-state index contributed by atoms with van der Waals surface area (Å²) in [5, 5.41) is 7.87. The molecule has 0 aromatic heterocycles. The lowest BCUT2D eigenvalue weighted by atomic mass is 9.86. The van der Waals surface area contributed by atoms with Gasteiger partial charge in [-0.2, -0.15) is 0 Å². The van der Waals surface area contributed by atoms with Crippen molar-refractivity contribution < 1.29 is 0 Å². The van der Waals surface area contributed by atoms with Crippen molar-refractivity contribution in [2.45, 2.75) is 0 Å². The molecule has 0 aliphatic heterocycles. The van der Waals surface area contributed by atoms with Crippen LogP contribution in [0.3, 0.4) is 0 Å². The van der Waals surface area contributed by atoms with E-state index in [-0.39, 0.29) is 0 Å². The molecule has 6 rings (SSSR count). The van der Waals surface area contributed by atoms with Crippen LogP contribution in [-0.2, 0) is 0 Å². The van der Waals surface area contributed by atoms with Crippen LogP contribution in [0.4, 0.5) is 0 Å². The van der Waals surface area contributed by atoms with Gasteiger partial charge in [-0.05, 0) is 66.2 Å². The maximum atomic E-state index is 3.97. The minimum atomic E-state index is 1.14. The largest absolute Gasteiger partial charge is 0.0984 e. The SMILES string of the molecule is C=Cc1ccccc1C=Cc1cc2ccc3cccc4ccc(c1-c1ccccc1)c2c34. The Balaban J connectivity index is 1.69. The molecule has 0 heteroatoms. The number of benzene rings is 6. The zero-order chi connectivity index (χ0) is 21.5. The molecule has 0 nitrogen and oxygen atoms in total. The third-order valence-corrected chi connectivity index (χ3v) is 6.40. The lowest BCUT2D eigenvalue weighted by molar-refractivity contribution is 1.61. The highest BCUT2D eigenvalue weighted by atomic mass is 14.2. The van der Waals surface area contributed by atoms with Crippen LogP contribution in [-0.4, -0.2) is 0 Å². The Hall–Kier alpha value is -4.16. The van der Waals surface area contributed by atoms with E-state index in [9.17, 15) is 0 Å². The molecule has 0 aliphatic rings. The van der Waals surface area contributed by atoms with Gasteiger partial charge in [0, 0.05) is 0 Å². The van der Waals surface area contributed by atoms with Crippen molar-refractivity contribution in [3.63, 3.8) is 0 Å². The van der Waals surface area contributed by atoms with E-state index in [0.717, 1.165) is 5.56 Å². The standard InChI is InChI=1S/C32H22/c1-2-22-9-6-7-10-23(22)15-17-27-21-28-18-16-25-13-8-14-26-19-20-29(32(28)31(25)26)30(27)24-11-4-3-5-12-24/h2-21H,1H2. The van der Waals surface area contributed by atoms with Crippen LogP contribution < -0.4 is 0 Å². The fourth-order valence-corrected chi connectivity index (χ4v) is 4.92. The number of rotatable bonds is 4. The Morgan fingerprint density at radius 3 is 1.94 bits per heavy atom. The molecule has 150 valence electrons. The summed E-state index contributed by atoms with van der Waals surface area (Å²) in [6.45, 7) is 3.97. The highest BCUT2D eigenvalue weighted by Crippen LogP contribution is 2.41. The Morgan fingerprint density at radius 1 is 0.500 bits per heavy atom. The highest BCUT2D eigenvalue weighted by Gasteiger charge is 2.15. The fourth-order valence-electron chi connectivity index (χ4n) is 4.92. The molecule has 0 amide bonds. The van der Waals surface area contributed by atoms with Crippen molar-refractivity contribution in [2.24, 2.45) is 0 Å². The van der Waals surface area contributed by atoms with E-state index in [1.165, 1.54) is 54.6 Å². The maximum Gasteiger partial charge on any atom is -0.00201 e. The molecule has 0 aliphatic carbocycles. The molecule has 32 heavy (non-hydrogen) atoms. The maximum absolute atomic E-state index is 3.97. The molecule has 0 atom stereocenters. The summed E-state index contributed by atoms with van der Waals surface area (Å²) in [4.78, 5) is 0. The second kappa shape index (κ2) is 7.51. The predicted octanol–water partition coefficient (Wildman–Crippen LogP) is 9.06. The van der Waals surface area contributed by atoms with Gasteiger partial charge in [0.05, 0.1) is 0 Å². The molecule has 0 bridgehead atoms. The van der Waals surface area contributed by atoms with Crippen molar-refractivity contribution in [1.29, 1.82) is 0 Å². The first-order chi connectivity index (χ1) is 15.8. The lowest BCUT2D eigenvalue weighted by Gasteiger charge is -2.17. The molecular formula is C32H22. The zero-order valence-corrected chi connectivity index (χ0v) is 17.8. The summed E-state index contributed by atoms with van der Waals surface area (Å²) in [5.41, 5.74) is 6.06. The summed E-state index contributed by atoms with van der Waals surface area (Å²) in [6.07, 6.45) is 6.37. The van der Waals surface area contributed by atoms with E-state index >= 15 is 0 Å². The van der Waals surface area contributed by atoms with E-state index in [1.54, 1.807) is 0 Å². The molecule has 6 aromatic rings. The quantitative estimate of drug-likeness (QED) is 0.202. The van der Waals surface area contributed by atoms with Gasteiger partial charge in [-0.25, -0.2) is 0 Å². The van der Waals surface area contributed by atoms with Crippen LogP contribution in [0.2, 0.25) is 0 Å². The molecule has 0 saturated carbocycles. The molecule has 0 radical (unpaired) electrons. The molecule has 0 saturated heterocycles. The average Bonchev–Trinajstić information content (AvgIpc) is 2.86. The van der Waals surface area contributed by atoms with Gasteiger partial charge in [0.2, 0.25) is 0 Å². The van der Waals surface area contributed by atoms with Gasteiger partial charge in [-0.3, -0.25) is 0 Å². The topological polar surface area (TPSA) is 0 Å². The normalized spacial score (nSPS) is 11.8. The van der Waals surface area contributed by atoms with E-state index in [1.807, 2.05) is 6.08 Å². The van der Waals surface area contributed by atoms with E-state index in [4.69, 9.17) is 0 Å². The van der Waals surface area contributed by atoms with Crippen molar-refractivity contribution in [3.05, 3.63) is 126 Å². The van der Waals surface area contributed by atoms with Gasteiger partial charge in [0.1, 0.15) is 0 Å². The monoisotopic (exact) mass is 406 g/mol. The van der Waals surface area contributed by atoms with Gasteiger partial charge >= 0.3 is 0 Å². The van der Waals surface area contributed by atoms with Gasteiger partial charge in [0.25, 0.3) is 0 Å². The molecule has 0 N–H and O–H groups in total. The molecule has 0 spiro atoms. The van der Waals surface area contributed by atoms with Gasteiger partial charge in [-0.15, -0.1) is 0 Å². The molecule has 6 aromatic carbocycles. The third kappa shape index (κ3) is 2.92. The summed E-state index contributed by atoms with van der Waals surface area (Å²) in [5.74, 6) is 0. The first-order valence-electron chi connectivity index (χ1n) is 11.0. The Labute approximate surface area is 188 Å². The van der Waals surface area contributed by atoms with Gasteiger partial charge in [-0.1, -0.05) is 122 Å². The summed E-state index contributed by atoms with van der Waals surface area (Å²) >= 11 is 0. The van der Waals surface area contributed by atoms with Crippen LogP contribution in [0.5, 0.6) is 0 Å². The second-order valence-electron chi connectivity index (χ2n) is 8.23. The van der Waals surface area contributed by atoms with Crippen LogP contribution in [0.25, 0.3) is 61.7 Å². The second-order valence-corrected chi connectivity index (χ2v) is 8.23. The Kier molecular flexibility index (Phi) is 4.37. The smallest absolute Gasteiger partial charge is 0.00201 e. The van der Waals surface area contributed by atoms with Crippen molar-refractivity contribution in [2.75, 3.05) is 0 Å². The Bertz CT molecular complexity index is 1600. The highest BCUT2D eigenvalue weighted by molar-refractivity contribution is 6.26. The third-order valence-electron chi connectivity index (χ3n) is 6.40. The Morgan fingerprint density at radius 2 is 1.16 bits per heavy atom. The van der Waals surface area contributed by atoms with Gasteiger partial charge < -0.3 is 0 Å². The fraction of sp³-hybridized carbons (Fsp3) is 0. The molecule has 0 fully saturated rings. The molecular weight excluding hydrogens is 384 g/mol. The lowest BCUT2D eigenvalue weighted by Crippen LogP contribution is -1.91. The summed E-state index contributed by atoms with van der Waals surface area (Å²) < 4.78 is 0. The minimum Gasteiger partial charge on any atom is -0.0984 e. The van der Waals surface area contributed by atoms with Crippen molar-refractivity contribution in [3.8, 4) is 11.1 Å².